The van der Waals surface area contributed by atoms with Gasteiger partial charge in [0.25, 0.3) is 0 Å². The Bertz CT molecular complexity index is 2370. The molecule has 6 heterocycles. The van der Waals surface area contributed by atoms with E-state index in [-0.39, 0.29) is 35.7 Å². The first kappa shape index (κ1) is 37.9. The zero-order valence-electron chi connectivity index (χ0n) is 34.0. The Morgan fingerprint density at radius 2 is 1.17 bits per heavy atom. The largest absolute Gasteiger partial charge is 0.453 e. The summed E-state index contributed by atoms with van der Waals surface area (Å²) in [6, 6.07) is 16.2. The second-order valence-corrected chi connectivity index (χ2v) is 17.3. The fourth-order valence-electron chi connectivity index (χ4n) is 9.41. The molecule has 14 nitrogen and oxygen atoms in total. The van der Waals surface area contributed by atoms with Crippen LogP contribution < -0.4 is 20.9 Å². The first-order chi connectivity index (χ1) is 27.9. The van der Waals surface area contributed by atoms with E-state index in [0.29, 0.717) is 13.1 Å². The number of anilines is 2. The fourth-order valence-corrected chi connectivity index (χ4v) is 9.41. The quantitative estimate of drug-likeness (QED) is 0.137. The Kier molecular flexibility index (Phi) is 9.77. The Labute approximate surface area is 338 Å². The summed E-state index contributed by atoms with van der Waals surface area (Å²) in [7, 11) is 1.31. The number of aromatic nitrogens is 4. The minimum Gasteiger partial charge on any atom is -0.453 e. The number of likely N-dealkylation sites (tertiary alicyclic amines) is 2. The number of amides is 3. The van der Waals surface area contributed by atoms with Crippen molar-refractivity contribution in [3.05, 3.63) is 82.4 Å². The highest BCUT2D eigenvalue weighted by molar-refractivity contribution is 5.87. The smallest absolute Gasteiger partial charge is 0.407 e. The average Bonchev–Trinajstić information content (AvgIpc) is 4.07. The van der Waals surface area contributed by atoms with Crippen molar-refractivity contribution >= 4 is 51.3 Å². The molecule has 304 valence electrons. The molecule has 5 aromatic rings. The Balaban J connectivity index is 0.869. The lowest BCUT2D eigenvalue weighted by molar-refractivity contribution is -0.136. The second-order valence-electron chi connectivity index (χ2n) is 17.3. The molecule has 3 amide bonds. The number of carbonyl (C=O) groups is 3. The van der Waals surface area contributed by atoms with E-state index in [9.17, 15) is 14.4 Å². The lowest BCUT2D eigenvalue weighted by atomic mass is 10.0. The van der Waals surface area contributed by atoms with Gasteiger partial charge < -0.3 is 45.4 Å². The van der Waals surface area contributed by atoms with Crippen LogP contribution in [0.4, 0.5) is 16.2 Å². The molecule has 2 saturated heterocycles. The van der Waals surface area contributed by atoms with Gasteiger partial charge in [-0.1, -0.05) is 39.8 Å². The molecular formula is C44H54N10O4. The summed E-state index contributed by atoms with van der Waals surface area (Å²) in [5.74, 6) is 1.50. The van der Waals surface area contributed by atoms with Crippen molar-refractivity contribution in [1.29, 1.82) is 0 Å². The maximum absolute atomic E-state index is 13.7. The van der Waals surface area contributed by atoms with Gasteiger partial charge in [-0.05, 0) is 96.2 Å². The zero-order valence-corrected chi connectivity index (χ0v) is 34.0. The summed E-state index contributed by atoms with van der Waals surface area (Å²) in [6.45, 7) is 12.5. The number of hydrogen-bond donors (Lipinski definition) is 4. The molecular weight excluding hydrogens is 733 g/mol. The van der Waals surface area contributed by atoms with E-state index in [1.807, 2.05) is 37.5 Å². The molecule has 0 aliphatic carbocycles. The Morgan fingerprint density at radius 3 is 1.60 bits per heavy atom. The number of carbonyl (C=O) groups excluding carboxylic acids is 3. The lowest BCUT2D eigenvalue weighted by Crippen LogP contribution is -2.51. The number of alkyl carbamates (subject to hydrolysis) is 1. The monoisotopic (exact) mass is 786 g/mol. The van der Waals surface area contributed by atoms with Crippen LogP contribution >= 0.6 is 0 Å². The molecule has 9 rings (SSSR count). The molecule has 58 heavy (non-hydrogen) atoms. The topological polar surface area (TPSA) is 169 Å². The molecule has 4 aliphatic heterocycles. The van der Waals surface area contributed by atoms with Crippen molar-refractivity contribution in [2.24, 2.45) is 17.6 Å². The van der Waals surface area contributed by atoms with E-state index in [2.05, 4.69) is 73.6 Å². The highest BCUT2D eigenvalue weighted by atomic mass is 16.5. The zero-order chi connectivity index (χ0) is 40.4. The number of nitrogens with one attached hydrogen (secondary N) is 3. The van der Waals surface area contributed by atoms with Crippen molar-refractivity contribution in [1.82, 2.24) is 35.1 Å². The summed E-state index contributed by atoms with van der Waals surface area (Å²) in [5, 5.41) is 2.73. The maximum atomic E-state index is 13.7. The number of ether oxygens (including phenoxy) is 1. The van der Waals surface area contributed by atoms with Gasteiger partial charge in [-0.25, -0.2) is 14.8 Å². The molecule has 2 aromatic heterocycles. The number of imidazole rings is 2. The minimum absolute atomic E-state index is 0.00650. The number of fused-ring (bicyclic) bond motifs is 4. The molecule has 3 aromatic carbocycles. The summed E-state index contributed by atoms with van der Waals surface area (Å²) in [5.41, 5.74) is 17.7. The average molecular weight is 787 g/mol. The molecule has 0 radical (unpaired) electrons. The maximum Gasteiger partial charge on any atom is 0.407 e. The van der Waals surface area contributed by atoms with Crippen LogP contribution in [0.15, 0.2) is 48.5 Å². The summed E-state index contributed by atoms with van der Waals surface area (Å²) in [4.78, 5) is 64.5. The van der Waals surface area contributed by atoms with Gasteiger partial charge in [-0.15, -0.1) is 0 Å². The van der Waals surface area contributed by atoms with Gasteiger partial charge in [0.2, 0.25) is 11.8 Å². The highest BCUT2D eigenvalue weighted by Crippen LogP contribution is 2.39. The van der Waals surface area contributed by atoms with Crippen LogP contribution in [-0.2, 0) is 40.5 Å². The first-order valence-corrected chi connectivity index (χ1v) is 20.8. The minimum atomic E-state index is -0.673. The summed E-state index contributed by atoms with van der Waals surface area (Å²) >= 11 is 0. The van der Waals surface area contributed by atoms with Crippen LogP contribution in [0.5, 0.6) is 0 Å². The first-order valence-electron chi connectivity index (χ1n) is 20.8. The SMILES string of the molecule is COC(=O)NC(C(=O)N1CCCC1c1nc2ccc(N3Cc4cc5c(cc4C3)CN(c3ccc4nc(C6CCCN6C(=O)C(N)C(C)C)[nH]c4c3)C5)cc2[nH]1)C(C)C. The third-order valence-electron chi connectivity index (χ3n) is 12.8. The van der Waals surface area contributed by atoms with Gasteiger partial charge in [-0.3, -0.25) is 9.59 Å². The number of methoxy groups -OCH3 is 1. The van der Waals surface area contributed by atoms with E-state index in [1.54, 1.807) is 0 Å². The molecule has 0 bridgehead atoms. The van der Waals surface area contributed by atoms with Crippen molar-refractivity contribution in [2.75, 3.05) is 30.0 Å². The van der Waals surface area contributed by atoms with Gasteiger partial charge in [-0.2, -0.15) is 0 Å². The lowest BCUT2D eigenvalue weighted by Gasteiger charge is -2.29. The molecule has 4 unspecified atom stereocenters. The number of nitrogens with two attached hydrogens (primary N) is 1. The van der Waals surface area contributed by atoms with Gasteiger partial charge >= 0.3 is 6.09 Å². The molecule has 0 spiro atoms. The normalized spacial score (nSPS) is 20.1. The second kappa shape index (κ2) is 14.9. The highest BCUT2D eigenvalue weighted by Gasteiger charge is 2.38. The predicted octanol–water partition coefficient (Wildman–Crippen LogP) is 6.17. The van der Waals surface area contributed by atoms with E-state index in [0.717, 1.165) is 97.0 Å². The number of hydrogen-bond acceptors (Lipinski definition) is 9. The van der Waals surface area contributed by atoms with Crippen molar-refractivity contribution < 1.29 is 19.1 Å². The number of H-pyrrole nitrogens is 2. The summed E-state index contributed by atoms with van der Waals surface area (Å²) < 4.78 is 4.79. The molecule has 0 saturated carbocycles. The van der Waals surface area contributed by atoms with E-state index >= 15 is 0 Å². The van der Waals surface area contributed by atoms with Crippen molar-refractivity contribution in [3.8, 4) is 0 Å². The molecule has 4 aliphatic rings. The van der Waals surface area contributed by atoms with Crippen molar-refractivity contribution in [3.63, 3.8) is 0 Å². The molecule has 14 heteroatoms. The number of nitrogens with zero attached hydrogens (tertiary/aromatic N) is 6. The van der Waals surface area contributed by atoms with Crippen LogP contribution in [0.3, 0.4) is 0 Å². The van der Waals surface area contributed by atoms with Gasteiger partial charge in [0.15, 0.2) is 0 Å². The molecule has 2 fully saturated rings. The summed E-state index contributed by atoms with van der Waals surface area (Å²) in [6.07, 6.45) is 2.90. The number of aromatic amines is 2. The fraction of sp³-hybridized carbons (Fsp3) is 0.477. The van der Waals surface area contributed by atoms with Crippen LogP contribution in [0.1, 0.15) is 99.4 Å². The van der Waals surface area contributed by atoms with Crippen LogP contribution in [0.2, 0.25) is 0 Å². The predicted molar refractivity (Wildman–Crippen MR) is 223 cm³/mol. The molecule has 4 atom stereocenters. The van der Waals surface area contributed by atoms with Gasteiger partial charge in [0, 0.05) is 50.6 Å². The third-order valence-corrected chi connectivity index (χ3v) is 12.8. The van der Waals surface area contributed by atoms with E-state index in [1.165, 1.54) is 29.4 Å². The van der Waals surface area contributed by atoms with E-state index < -0.39 is 18.2 Å². The Hall–Kier alpha value is -5.63. The number of rotatable bonds is 9. The van der Waals surface area contributed by atoms with Crippen LogP contribution in [0.25, 0.3) is 22.1 Å². The Morgan fingerprint density at radius 1 is 0.707 bits per heavy atom. The number of benzene rings is 3. The van der Waals surface area contributed by atoms with Crippen molar-refractivity contribution in [2.45, 2.75) is 104 Å². The van der Waals surface area contributed by atoms with Gasteiger partial charge in [0.05, 0.1) is 47.3 Å². The molecule has 5 N–H and O–H groups in total. The standard InChI is InChI=1S/C44H54N10O4/c1-24(2)38(45)42(55)53-14-6-8-36(53)40-46-32-12-10-30(18-34(32)48-40)51-20-26-16-28-22-52(23-29(28)17-27(26)21-51)31-11-13-33-35(19-31)49-41(47-33)37-9-7-15-54(37)43(56)39(25(3)4)50-44(57)58-5/h10-13,16-19,24-25,36-39H,6-9,14-15,20-23,45H2,1-5H3,(H,46,48)(H,47,49)(H,50,57). The van der Waals surface area contributed by atoms with Crippen LogP contribution in [0, 0.1) is 11.8 Å². The van der Waals surface area contributed by atoms with Crippen LogP contribution in [-0.4, -0.2) is 79.9 Å². The van der Waals surface area contributed by atoms with E-state index in [4.69, 9.17) is 20.4 Å². The third kappa shape index (κ3) is 6.80. The van der Waals surface area contributed by atoms with Gasteiger partial charge in [0.1, 0.15) is 17.7 Å².